The maximum atomic E-state index is 14.1. The number of hydrogen-bond donors (Lipinski definition) is 0. The summed E-state index contributed by atoms with van der Waals surface area (Å²) in [7, 11) is 0. The highest BCUT2D eigenvalue weighted by atomic mass is 19.4. The molecule has 2 saturated carbocycles. The summed E-state index contributed by atoms with van der Waals surface area (Å²) in [5.41, 5.74) is 2.95. The second kappa shape index (κ2) is 9.04. The van der Waals surface area contributed by atoms with Crippen LogP contribution >= 0.6 is 0 Å². The number of aliphatic imine (C=N–C) groups is 2. The van der Waals surface area contributed by atoms with Crippen LogP contribution in [0.15, 0.2) is 46.4 Å². The van der Waals surface area contributed by atoms with Gasteiger partial charge < -0.3 is 4.74 Å². The minimum atomic E-state index is -4.40. The van der Waals surface area contributed by atoms with Gasteiger partial charge in [-0.2, -0.15) is 13.2 Å². The topological polar surface area (TPSA) is 34.0 Å². The SMILES string of the molecule is CC1C2OC(c3ccc(CCC4CCCCC4)c(C(F)(F)F)c3)=NC12c1ccc2c(c1)N=CCCC2. The molecule has 2 aliphatic heterocycles. The molecule has 3 unspecified atom stereocenters. The number of fused-ring (bicyclic) bond motifs is 2. The molecule has 2 aliphatic carbocycles. The Labute approximate surface area is 210 Å². The Morgan fingerprint density at radius 2 is 1.86 bits per heavy atom. The molecule has 6 rings (SSSR count). The first kappa shape index (κ1) is 23.7. The number of benzene rings is 2. The number of hydrogen-bond acceptors (Lipinski definition) is 3. The number of rotatable bonds is 5. The first-order valence-corrected chi connectivity index (χ1v) is 13.5. The summed E-state index contributed by atoms with van der Waals surface area (Å²) < 4.78 is 48.4. The molecule has 0 radical (unpaired) electrons. The van der Waals surface area contributed by atoms with Crippen LogP contribution < -0.4 is 0 Å². The zero-order chi connectivity index (χ0) is 24.9. The lowest BCUT2D eigenvalue weighted by Gasteiger charge is -2.22. The quantitative estimate of drug-likeness (QED) is 0.415. The van der Waals surface area contributed by atoms with Gasteiger partial charge in [-0.1, -0.05) is 57.2 Å². The van der Waals surface area contributed by atoms with E-state index in [-0.39, 0.29) is 12.0 Å². The van der Waals surface area contributed by atoms with Gasteiger partial charge in [0.1, 0.15) is 11.6 Å². The van der Waals surface area contributed by atoms with Crippen molar-refractivity contribution in [2.45, 2.75) is 89.0 Å². The van der Waals surface area contributed by atoms with Crippen molar-refractivity contribution in [3.63, 3.8) is 0 Å². The van der Waals surface area contributed by atoms with Crippen molar-refractivity contribution in [1.29, 1.82) is 0 Å². The van der Waals surface area contributed by atoms with Crippen LogP contribution in [0.4, 0.5) is 18.9 Å². The van der Waals surface area contributed by atoms with E-state index in [1.807, 2.05) is 6.21 Å². The van der Waals surface area contributed by atoms with Gasteiger partial charge in [-0.15, -0.1) is 0 Å². The van der Waals surface area contributed by atoms with Gasteiger partial charge in [0.2, 0.25) is 5.90 Å². The summed E-state index contributed by atoms with van der Waals surface area (Å²) in [4.78, 5) is 9.57. The molecule has 3 atom stereocenters. The van der Waals surface area contributed by atoms with Crippen LogP contribution in [0.5, 0.6) is 0 Å². The van der Waals surface area contributed by atoms with Crippen molar-refractivity contribution >= 4 is 17.8 Å². The summed E-state index contributed by atoms with van der Waals surface area (Å²) in [6, 6.07) is 11.0. The zero-order valence-corrected chi connectivity index (χ0v) is 20.8. The Kier molecular flexibility index (Phi) is 5.96. The minimum absolute atomic E-state index is 0.152. The molecule has 6 heteroatoms. The molecule has 2 aromatic carbocycles. The van der Waals surface area contributed by atoms with Crippen molar-refractivity contribution in [3.05, 3.63) is 64.2 Å². The van der Waals surface area contributed by atoms with Gasteiger partial charge in [0.15, 0.2) is 0 Å². The van der Waals surface area contributed by atoms with Crippen molar-refractivity contribution in [1.82, 2.24) is 0 Å². The van der Waals surface area contributed by atoms with Gasteiger partial charge in [0.05, 0.1) is 11.3 Å². The lowest BCUT2D eigenvalue weighted by atomic mass is 9.84. The molecule has 36 heavy (non-hydrogen) atoms. The third kappa shape index (κ3) is 4.16. The van der Waals surface area contributed by atoms with Crippen LogP contribution in [0.3, 0.4) is 0 Å². The third-order valence-electron chi connectivity index (χ3n) is 8.76. The second-order valence-corrected chi connectivity index (χ2v) is 11.0. The number of ether oxygens (including phenoxy) is 1. The van der Waals surface area contributed by atoms with Crippen LogP contribution in [0.1, 0.15) is 86.1 Å². The molecule has 0 amide bonds. The maximum Gasteiger partial charge on any atom is 0.416 e. The normalized spacial score (nSPS) is 27.6. The largest absolute Gasteiger partial charge is 0.471 e. The number of aryl methyl sites for hydroxylation is 2. The number of halogens is 3. The summed E-state index contributed by atoms with van der Waals surface area (Å²) in [5, 5.41) is 0. The van der Waals surface area contributed by atoms with Crippen molar-refractivity contribution in [2.24, 2.45) is 21.8 Å². The van der Waals surface area contributed by atoms with Gasteiger partial charge in [-0.05, 0) is 72.9 Å². The summed E-state index contributed by atoms with van der Waals surface area (Å²) in [6.07, 6.45) is 7.68. The average molecular weight is 495 g/mol. The fraction of sp³-hybridized carbons (Fsp3) is 0.533. The molecule has 2 aromatic rings. The van der Waals surface area contributed by atoms with Gasteiger partial charge >= 0.3 is 6.18 Å². The molecule has 2 fully saturated rings. The minimum Gasteiger partial charge on any atom is -0.471 e. The molecule has 190 valence electrons. The molecule has 3 nitrogen and oxygen atoms in total. The molecule has 0 spiro atoms. The van der Waals surface area contributed by atoms with E-state index >= 15 is 0 Å². The molecule has 0 saturated heterocycles. The van der Waals surface area contributed by atoms with Crippen molar-refractivity contribution in [2.75, 3.05) is 0 Å². The Hall–Kier alpha value is -2.63. The number of alkyl halides is 3. The van der Waals surface area contributed by atoms with E-state index in [0.717, 1.165) is 49.8 Å². The van der Waals surface area contributed by atoms with E-state index in [1.54, 1.807) is 12.1 Å². The highest BCUT2D eigenvalue weighted by Gasteiger charge is 2.70. The maximum absolute atomic E-state index is 14.1. The van der Waals surface area contributed by atoms with Gasteiger partial charge in [0.25, 0.3) is 0 Å². The van der Waals surface area contributed by atoms with E-state index in [9.17, 15) is 13.2 Å². The molecule has 4 aliphatic rings. The fourth-order valence-corrected chi connectivity index (χ4v) is 6.52. The highest BCUT2D eigenvalue weighted by molar-refractivity contribution is 5.97. The fourth-order valence-electron chi connectivity index (χ4n) is 6.52. The Morgan fingerprint density at radius 1 is 1.03 bits per heavy atom. The van der Waals surface area contributed by atoms with Crippen molar-refractivity contribution < 1.29 is 17.9 Å². The van der Waals surface area contributed by atoms with Crippen LogP contribution in [-0.4, -0.2) is 18.2 Å². The van der Waals surface area contributed by atoms with Crippen molar-refractivity contribution in [3.8, 4) is 0 Å². The van der Waals surface area contributed by atoms with Gasteiger partial charge in [-0.3, -0.25) is 4.99 Å². The lowest BCUT2D eigenvalue weighted by molar-refractivity contribution is -0.138. The van der Waals surface area contributed by atoms with Crippen LogP contribution in [0, 0.1) is 11.8 Å². The predicted molar refractivity (Wildman–Crippen MR) is 136 cm³/mol. The molecular weight excluding hydrogens is 461 g/mol. The Morgan fingerprint density at radius 3 is 2.67 bits per heavy atom. The lowest BCUT2D eigenvalue weighted by Crippen LogP contribution is -2.14. The smallest absolute Gasteiger partial charge is 0.416 e. The predicted octanol–water partition coefficient (Wildman–Crippen LogP) is 7.95. The van der Waals surface area contributed by atoms with Gasteiger partial charge in [0, 0.05) is 17.7 Å². The first-order chi connectivity index (χ1) is 17.4. The average Bonchev–Trinajstić information content (AvgIpc) is 3.32. The highest BCUT2D eigenvalue weighted by Crippen LogP contribution is 2.61. The Balaban J connectivity index is 1.29. The van der Waals surface area contributed by atoms with Crippen LogP contribution in [0.25, 0.3) is 0 Å². The van der Waals surface area contributed by atoms with Crippen LogP contribution in [-0.2, 0) is 29.3 Å². The van der Waals surface area contributed by atoms with E-state index in [4.69, 9.17) is 9.73 Å². The standard InChI is InChI=1S/C30H33F3N2O/c1-19-27-29(19,24-15-14-22-9-5-6-16-34-26(22)18-24)35-28(36-27)23-13-12-21(25(17-23)30(31,32)33)11-10-20-7-3-2-4-8-20/h12-20,27H,2-11H2,1H3. The summed E-state index contributed by atoms with van der Waals surface area (Å²) >= 11 is 0. The zero-order valence-electron chi connectivity index (χ0n) is 20.8. The first-order valence-electron chi connectivity index (χ1n) is 13.5. The molecule has 0 bridgehead atoms. The second-order valence-electron chi connectivity index (χ2n) is 11.0. The molecular formula is C30H33F3N2O. The van der Waals surface area contributed by atoms with E-state index < -0.39 is 17.3 Å². The molecule has 0 N–H and O–H groups in total. The van der Waals surface area contributed by atoms with Crippen LogP contribution in [0.2, 0.25) is 0 Å². The van der Waals surface area contributed by atoms with Gasteiger partial charge in [-0.25, -0.2) is 4.99 Å². The summed E-state index contributed by atoms with van der Waals surface area (Å²) in [6.45, 7) is 2.09. The monoisotopic (exact) mass is 494 g/mol. The van der Waals surface area contributed by atoms with E-state index in [2.05, 4.69) is 30.1 Å². The Bertz CT molecular complexity index is 1210. The number of nitrogens with zero attached hydrogens (tertiary/aromatic N) is 2. The molecule has 0 aromatic heterocycles. The van der Waals surface area contributed by atoms with E-state index in [0.29, 0.717) is 29.4 Å². The van der Waals surface area contributed by atoms with E-state index in [1.165, 1.54) is 30.9 Å². The molecule has 2 heterocycles. The summed E-state index contributed by atoms with van der Waals surface area (Å²) in [5.74, 6) is 1.03. The third-order valence-corrected chi connectivity index (χ3v) is 8.76.